The maximum Gasteiger partial charge on any atom is 0.0366 e. The van der Waals surface area contributed by atoms with Gasteiger partial charge in [0.1, 0.15) is 0 Å². The van der Waals surface area contributed by atoms with Gasteiger partial charge in [0.15, 0.2) is 0 Å². The van der Waals surface area contributed by atoms with Crippen molar-refractivity contribution >= 4 is 5.69 Å². The van der Waals surface area contributed by atoms with Crippen LogP contribution in [0.15, 0.2) is 30.3 Å². The number of para-hydroxylation sites is 1. The molecule has 1 saturated carbocycles. The van der Waals surface area contributed by atoms with Gasteiger partial charge in [-0.1, -0.05) is 39.0 Å². The summed E-state index contributed by atoms with van der Waals surface area (Å²) >= 11 is 0. The van der Waals surface area contributed by atoms with Gasteiger partial charge in [-0.2, -0.15) is 0 Å². The molecular formula is C15H23N. The first-order chi connectivity index (χ1) is 7.77. The van der Waals surface area contributed by atoms with Crippen LogP contribution in [0.3, 0.4) is 0 Å². The fraction of sp³-hybridized carbons (Fsp3) is 0.600. The van der Waals surface area contributed by atoms with Gasteiger partial charge >= 0.3 is 0 Å². The molecule has 3 rings (SSSR count). The average molecular weight is 217 g/mol. The molecule has 1 aromatic carbocycles. The van der Waals surface area contributed by atoms with Crippen LogP contribution < -0.4 is 4.90 Å². The maximum atomic E-state index is 2.51. The van der Waals surface area contributed by atoms with Crippen LogP contribution in [0, 0.1) is 11.3 Å². The van der Waals surface area contributed by atoms with Gasteiger partial charge in [0.2, 0.25) is 0 Å². The summed E-state index contributed by atoms with van der Waals surface area (Å²) in [5, 5.41) is 0. The van der Waals surface area contributed by atoms with E-state index in [-0.39, 0.29) is 0 Å². The summed E-state index contributed by atoms with van der Waals surface area (Å²) in [7, 11) is 0. The van der Waals surface area contributed by atoms with Gasteiger partial charge < -0.3 is 4.90 Å². The van der Waals surface area contributed by atoms with Gasteiger partial charge in [-0.25, -0.2) is 0 Å². The van der Waals surface area contributed by atoms with E-state index in [2.05, 4.69) is 42.2 Å². The van der Waals surface area contributed by atoms with Crippen LogP contribution in [0.2, 0.25) is 0 Å². The van der Waals surface area contributed by atoms with Crippen LogP contribution in [0.5, 0.6) is 0 Å². The van der Waals surface area contributed by atoms with Crippen LogP contribution in [0.25, 0.3) is 0 Å². The Bertz CT molecular complexity index is 317. The van der Waals surface area contributed by atoms with E-state index in [0.717, 1.165) is 11.3 Å². The Labute approximate surface area is 99.5 Å². The second kappa shape index (κ2) is 4.48. The highest BCUT2D eigenvalue weighted by molar-refractivity contribution is 5.50. The van der Waals surface area contributed by atoms with Crippen molar-refractivity contribution in [1.29, 1.82) is 0 Å². The quantitative estimate of drug-likeness (QED) is 0.688. The number of rotatable bonds is 1. The van der Waals surface area contributed by atoms with Crippen LogP contribution in [-0.4, -0.2) is 13.1 Å². The predicted molar refractivity (Wildman–Crippen MR) is 70.8 cm³/mol. The Morgan fingerprint density at radius 2 is 1.62 bits per heavy atom. The second-order valence-electron chi connectivity index (χ2n) is 5.21. The molecule has 0 unspecified atom stereocenters. The first-order valence-corrected chi connectivity index (χ1v) is 6.57. The summed E-state index contributed by atoms with van der Waals surface area (Å²) in [6.07, 6.45) is 2.91. The highest BCUT2D eigenvalue weighted by atomic mass is 15.2. The molecule has 88 valence electrons. The molecule has 0 atom stereocenters. The second-order valence-corrected chi connectivity index (χ2v) is 5.21. The molecular weight excluding hydrogens is 194 g/mol. The Morgan fingerprint density at radius 1 is 1.06 bits per heavy atom. The van der Waals surface area contributed by atoms with Crippen molar-refractivity contribution in [2.24, 2.45) is 11.3 Å². The van der Waals surface area contributed by atoms with E-state index in [0.29, 0.717) is 0 Å². The van der Waals surface area contributed by atoms with Crippen LogP contribution >= 0.6 is 0 Å². The van der Waals surface area contributed by atoms with Gasteiger partial charge in [-0.15, -0.1) is 0 Å². The van der Waals surface area contributed by atoms with E-state index in [1.54, 1.807) is 0 Å². The predicted octanol–water partition coefficient (Wildman–Crippen LogP) is 3.95. The molecule has 1 aromatic rings. The number of benzene rings is 1. The SMILES string of the molecule is CC.CC1CC2(C1)CN(c1ccccc1)C2. The minimum absolute atomic E-state index is 0.718. The topological polar surface area (TPSA) is 3.24 Å². The Morgan fingerprint density at radius 3 is 2.12 bits per heavy atom. The smallest absolute Gasteiger partial charge is 0.0366 e. The largest absolute Gasteiger partial charge is 0.370 e. The molecule has 1 heteroatoms. The van der Waals surface area contributed by atoms with Gasteiger partial charge in [-0.3, -0.25) is 0 Å². The third-order valence-electron chi connectivity index (χ3n) is 3.74. The Balaban J connectivity index is 0.000000457. The molecule has 1 heterocycles. The van der Waals surface area contributed by atoms with Crippen molar-refractivity contribution in [1.82, 2.24) is 0 Å². The summed E-state index contributed by atoms with van der Waals surface area (Å²) in [5.41, 5.74) is 2.12. The van der Waals surface area contributed by atoms with Crippen molar-refractivity contribution in [2.45, 2.75) is 33.6 Å². The minimum atomic E-state index is 0.718. The molecule has 2 fully saturated rings. The molecule has 1 aliphatic carbocycles. The zero-order valence-electron chi connectivity index (χ0n) is 10.7. The summed E-state index contributed by atoms with van der Waals surface area (Å²) in [5.74, 6) is 0.980. The monoisotopic (exact) mass is 217 g/mol. The van der Waals surface area contributed by atoms with Crippen LogP contribution in [0.1, 0.15) is 33.6 Å². The van der Waals surface area contributed by atoms with Gasteiger partial charge in [0, 0.05) is 24.2 Å². The van der Waals surface area contributed by atoms with E-state index in [1.165, 1.54) is 31.6 Å². The molecule has 0 N–H and O–H groups in total. The molecule has 1 aliphatic heterocycles. The summed E-state index contributed by atoms with van der Waals surface area (Å²) in [6.45, 7) is 8.96. The molecule has 1 saturated heterocycles. The summed E-state index contributed by atoms with van der Waals surface area (Å²) in [4.78, 5) is 2.51. The van der Waals surface area contributed by atoms with E-state index in [1.807, 2.05) is 13.8 Å². The van der Waals surface area contributed by atoms with Gasteiger partial charge in [0.05, 0.1) is 0 Å². The van der Waals surface area contributed by atoms with Gasteiger partial charge in [-0.05, 0) is 30.9 Å². The van der Waals surface area contributed by atoms with E-state index in [9.17, 15) is 0 Å². The van der Waals surface area contributed by atoms with Crippen LogP contribution in [0.4, 0.5) is 5.69 Å². The van der Waals surface area contributed by atoms with Gasteiger partial charge in [0.25, 0.3) is 0 Å². The highest BCUT2D eigenvalue weighted by Gasteiger charge is 2.50. The number of hydrogen-bond donors (Lipinski definition) is 0. The number of nitrogens with zero attached hydrogens (tertiary/aromatic N) is 1. The zero-order valence-corrected chi connectivity index (χ0v) is 10.7. The Kier molecular flexibility index (Phi) is 3.22. The molecule has 16 heavy (non-hydrogen) atoms. The van der Waals surface area contributed by atoms with Crippen molar-refractivity contribution in [3.8, 4) is 0 Å². The lowest BCUT2D eigenvalue weighted by Gasteiger charge is -2.59. The summed E-state index contributed by atoms with van der Waals surface area (Å²) in [6, 6.07) is 10.8. The lowest BCUT2D eigenvalue weighted by molar-refractivity contribution is 0.0337. The minimum Gasteiger partial charge on any atom is -0.370 e. The fourth-order valence-electron chi connectivity index (χ4n) is 3.26. The van der Waals surface area contributed by atoms with E-state index < -0.39 is 0 Å². The average Bonchev–Trinajstić information content (AvgIpc) is 2.25. The zero-order chi connectivity index (χ0) is 11.6. The summed E-state index contributed by atoms with van der Waals surface area (Å²) < 4.78 is 0. The van der Waals surface area contributed by atoms with Crippen molar-refractivity contribution in [3.05, 3.63) is 30.3 Å². The highest BCUT2D eigenvalue weighted by Crippen LogP contribution is 2.52. The van der Waals surface area contributed by atoms with E-state index in [4.69, 9.17) is 0 Å². The van der Waals surface area contributed by atoms with Crippen LogP contribution in [-0.2, 0) is 0 Å². The third kappa shape index (κ3) is 1.95. The fourth-order valence-corrected chi connectivity index (χ4v) is 3.26. The van der Waals surface area contributed by atoms with Crippen molar-refractivity contribution < 1.29 is 0 Å². The molecule has 1 nitrogen and oxygen atoms in total. The molecule has 0 radical (unpaired) electrons. The van der Waals surface area contributed by atoms with Crippen molar-refractivity contribution in [3.63, 3.8) is 0 Å². The maximum absolute atomic E-state index is 2.51. The Hall–Kier alpha value is -0.980. The standard InChI is InChI=1S/C13H17N.C2H6/c1-11-7-13(8-11)9-14(10-13)12-5-3-2-4-6-12;1-2/h2-6,11H,7-10H2,1H3;1-2H3. The lowest BCUT2D eigenvalue weighted by atomic mass is 9.58. The molecule has 2 aliphatic rings. The van der Waals surface area contributed by atoms with E-state index >= 15 is 0 Å². The lowest BCUT2D eigenvalue weighted by Crippen LogP contribution is -2.62. The number of hydrogen-bond acceptors (Lipinski definition) is 1. The number of anilines is 1. The molecule has 1 spiro atoms. The first-order valence-electron chi connectivity index (χ1n) is 6.57. The first kappa shape index (κ1) is 11.5. The molecule has 0 amide bonds. The molecule has 0 bridgehead atoms. The normalized spacial score (nSPS) is 21.8. The third-order valence-corrected chi connectivity index (χ3v) is 3.74. The molecule has 0 aromatic heterocycles. The van der Waals surface area contributed by atoms with Crippen molar-refractivity contribution in [2.75, 3.05) is 18.0 Å².